The summed E-state index contributed by atoms with van der Waals surface area (Å²) in [4.78, 5) is 33.2. The fraction of sp³-hybridized carbons (Fsp3) is 0.194. The van der Waals surface area contributed by atoms with Gasteiger partial charge in [-0.1, -0.05) is 87.9 Å². The summed E-state index contributed by atoms with van der Waals surface area (Å²) in [6.45, 7) is 5.73. The Hall–Kier alpha value is -4.47. The molecule has 1 aromatic heterocycles. The van der Waals surface area contributed by atoms with Gasteiger partial charge in [-0.25, -0.2) is 9.79 Å². The van der Waals surface area contributed by atoms with Crippen LogP contribution in [0.4, 0.5) is 0 Å². The number of thiazole rings is 1. The molecular formula is C36H31BrN2O5S. The van der Waals surface area contributed by atoms with Crippen molar-refractivity contribution >= 4 is 50.1 Å². The highest BCUT2D eigenvalue weighted by Gasteiger charge is 2.35. The highest BCUT2D eigenvalue weighted by Crippen LogP contribution is 2.37. The van der Waals surface area contributed by atoms with Crippen LogP contribution >= 0.6 is 27.3 Å². The molecule has 1 aliphatic rings. The van der Waals surface area contributed by atoms with Crippen LogP contribution in [0.25, 0.3) is 16.8 Å². The molecule has 7 nitrogen and oxygen atoms in total. The predicted octanol–water partition coefficient (Wildman–Crippen LogP) is 6.69. The molecule has 0 fully saturated rings. The van der Waals surface area contributed by atoms with Gasteiger partial charge in [0.15, 0.2) is 4.80 Å². The fourth-order valence-electron chi connectivity index (χ4n) is 5.49. The number of halogens is 1. The van der Waals surface area contributed by atoms with Crippen LogP contribution in [-0.4, -0.2) is 23.8 Å². The molecule has 0 bridgehead atoms. The summed E-state index contributed by atoms with van der Waals surface area (Å²) in [5, 5.41) is 1.98. The summed E-state index contributed by atoms with van der Waals surface area (Å²) < 4.78 is 20.5. The Kier molecular flexibility index (Phi) is 8.74. The number of methoxy groups -OCH3 is 1. The third kappa shape index (κ3) is 6.10. The topological polar surface area (TPSA) is 79.1 Å². The van der Waals surface area contributed by atoms with Crippen molar-refractivity contribution in [2.24, 2.45) is 4.99 Å². The zero-order chi connectivity index (χ0) is 31.7. The van der Waals surface area contributed by atoms with Crippen molar-refractivity contribution in [2.45, 2.75) is 39.5 Å². The Bertz CT molecular complexity index is 2130. The summed E-state index contributed by atoms with van der Waals surface area (Å²) in [6.07, 6.45) is 1.51. The normalized spacial score (nSPS) is 14.8. The van der Waals surface area contributed by atoms with Gasteiger partial charge in [0, 0.05) is 15.6 Å². The number of nitrogens with zero attached hydrogens (tertiary/aromatic N) is 2. The summed E-state index contributed by atoms with van der Waals surface area (Å²) in [5.74, 6) is 0.664. The maximum Gasteiger partial charge on any atom is 0.338 e. The molecule has 6 rings (SSSR count). The average molecular weight is 684 g/mol. The second kappa shape index (κ2) is 12.9. The van der Waals surface area contributed by atoms with E-state index in [2.05, 4.69) is 15.9 Å². The number of rotatable bonds is 8. The van der Waals surface area contributed by atoms with Gasteiger partial charge in [0.2, 0.25) is 0 Å². The summed E-state index contributed by atoms with van der Waals surface area (Å²) in [7, 11) is 1.57. The van der Waals surface area contributed by atoms with E-state index in [0.29, 0.717) is 38.7 Å². The third-order valence-corrected chi connectivity index (χ3v) is 8.99. The number of fused-ring (bicyclic) bond motifs is 2. The van der Waals surface area contributed by atoms with E-state index in [4.69, 9.17) is 19.2 Å². The molecule has 9 heteroatoms. The van der Waals surface area contributed by atoms with Crippen LogP contribution < -0.4 is 24.4 Å². The summed E-state index contributed by atoms with van der Waals surface area (Å²) in [6, 6.07) is 26.6. The van der Waals surface area contributed by atoms with Crippen molar-refractivity contribution in [3.05, 3.63) is 137 Å². The first-order chi connectivity index (χ1) is 21.7. The van der Waals surface area contributed by atoms with Crippen molar-refractivity contribution in [3.63, 3.8) is 0 Å². The first-order valence-corrected chi connectivity index (χ1v) is 16.1. The monoisotopic (exact) mass is 682 g/mol. The van der Waals surface area contributed by atoms with E-state index in [0.717, 1.165) is 26.4 Å². The van der Waals surface area contributed by atoms with Gasteiger partial charge >= 0.3 is 5.97 Å². The van der Waals surface area contributed by atoms with E-state index in [-0.39, 0.29) is 17.2 Å². The second-order valence-corrected chi connectivity index (χ2v) is 12.8. The molecule has 0 radical (unpaired) electrons. The molecule has 0 aliphatic carbocycles. The molecule has 0 saturated carbocycles. The number of benzene rings is 4. The van der Waals surface area contributed by atoms with Crippen LogP contribution in [0.5, 0.6) is 11.5 Å². The molecule has 0 saturated heterocycles. The first-order valence-electron chi connectivity index (χ1n) is 14.5. The van der Waals surface area contributed by atoms with E-state index in [1.807, 2.05) is 91.0 Å². The lowest BCUT2D eigenvalue weighted by Gasteiger charge is -2.26. The van der Waals surface area contributed by atoms with Gasteiger partial charge < -0.3 is 14.2 Å². The van der Waals surface area contributed by atoms with E-state index in [1.165, 1.54) is 11.3 Å². The lowest BCUT2D eigenvalue weighted by Crippen LogP contribution is -2.40. The maximum atomic E-state index is 14.4. The van der Waals surface area contributed by atoms with E-state index in [9.17, 15) is 9.59 Å². The molecule has 5 aromatic rings. The summed E-state index contributed by atoms with van der Waals surface area (Å²) in [5.41, 5.74) is 2.96. The lowest BCUT2D eigenvalue weighted by atomic mass is 9.95. The minimum atomic E-state index is -0.816. The smallest absolute Gasteiger partial charge is 0.338 e. The standard InChI is InChI=1S/C36H31BrN2O5S/c1-21(2)44-35(41)32-22(3)38-36-39(33(32)28-18-25(37)15-17-29(28)42-4)34(40)31(45-36)19-27-26-13-9-8-12-24(26)14-16-30(27)43-20-23-10-6-5-7-11-23/h5-19,21,33H,20H2,1-4H3/b31-19-/t33-/m0/s1. The second-order valence-electron chi connectivity index (χ2n) is 10.9. The summed E-state index contributed by atoms with van der Waals surface area (Å²) >= 11 is 4.83. The molecule has 45 heavy (non-hydrogen) atoms. The number of esters is 1. The molecule has 0 amide bonds. The Balaban J connectivity index is 1.56. The Morgan fingerprint density at radius 2 is 1.76 bits per heavy atom. The van der Waals surface area contributed by atoms with Crippen LogP contribution in [0.1, 0.15) is 43.5 Å². The SMILES string of the molecule is COc1ccc(Br)cc1[C@H]1C(C(=O)OC(C)C)=C(C)N=c2s/c(=C\c3c(OCc4ccccc4)ccc4ccccc34)c(=O)n21. The van der Waals surface area contributed by atoms with Gasteiger partial charge in [-0.15, -0.1) is 0 Å². The van der Waals surface area contributed by atoms with Crippen LogP contribution in [0.3, 0.4) is 0 Å². The highest BCUT2D eigenvalue weighted by molar-refractivity contribution is 9.10. The van der Waals surface area contributed by atoms with Gasteiger partial charge in [-0.2, -0.15) is 0 Å². The first kappa shape index (κ1) is 30.6. The number of aromatic nitrogens is 1. The van der Waals surface area contributed by atoms with Gasteiger partial charge in [0.1, 0.15) is 24.1 Å². The Labute approximate surface area is 272 Å². The molecule has 1 aliphatic heterocycles. The maximum absolute atomic E-state index is 14.4. The minimum absolute atomic E-state index is 0.282. The van der Waals surface area contributed by atoms with Crippen LogP contribution in [0, 0.1) is 0 Å². The van der Waals surface area contributed by atoms with Crippen molar-refractivity contribution in [3.8, 4) is 11.5 Å². The van der Waals surface area contributed by atoms with E-state index >= 15 is 0 Å². The quantitative estimate of drug-likeness (QED) is 0.171. The van der Waals surface area contributed by atoms with Crippen LogP contribution in [0.15, 0.2) is 110 Å². The molecule has 0 spiro atoms. The molecular weight excluding hydrogens is 652 g/mol. The largest absolute Gasteiger partial charge is 0.496 e. The average Bonchev–Trinajstić information content (AvgIpc) is 3.33. The van der Waals surface area contributed by atoms with Crippen molar-refractivity contribution in [1.82, 2.24) is 4.57 Å². The molecule has 0 unspecified atom stereocenters. The predicted molar refractivity (Wildman–Crippen MR) is 180 cm³/mol. The lowest BCUT2D eigenvalue weighted by molar-refractivity contribution is -0.143. The number of ether oxygens (including phenoxy) is 3. The van der Waals surface area contributed by atoms with Gasteiger partial charge in [0.25, 0.3) is 5.56 Å². The van der Waals surface area contributed by atoms with Crippen LogP contribution in [-0.2, 0) is 16.1 Å². The molecule has 1 atom stereocenters. The molecule has 228 valence electrons. The van der Waals surface area contributed by atoms with Gasteiger partial charge in [-0.05, 0) is 67.4 Å². The Morgan fingerprint density at radius 1 is 1.02 bits per heavy atom. The number of carbonyl (C=O) groups is 1. The van der Waals surface area contributed by atoms with Gasteiger partial charge in [-0.3, -0.25) is 9.36 Å². The highest BCUT2D eigenvalue weighted by atomic mass is 79.9. The Morgan fingerprint density at radius 3 is 2.51 bits per heavy atom. The fourth-order valence-corrected chi connectivity index (χ4v) is 6.90. The zero-order valence-electron chi connectivity index (χ0n) is 25.2. The van der Waals surface area contributed by atoms with E-state index in [1.54, 1.807) is 32.4 Å². The number of allylic oxidation sites excluding steroid dienone is 1. The van der Waals surface area contributed by atoms with Crippen LogP contribution in [0.2, 0.25) is 0 Å². The van der Waals surface area contributed by atoms with Gasteiger partial charge in [0.05, 0.1) is 29.0 Å². The third-order valence-electron chi connectivity index (χ3n) is 7.51. The zero-order valence-corrected chi connectivity index (χ0v) is 27.6. The minimum Gasteiger partial charge on any atom is -0.496 e. The number of carbonyl (C=O) groups excluding carboxylic acids is 1. The molecule has 2 heterocycles. The number of hydrogen-bond donors (Lipinski definition) is 0. The molecule has 4 aromatic carbocycles. The number of hydrogen-bond acceptors (Lipinski definition) is 7. The van der Waals surface area contributed by atoms with Crippen molar-refractivity contribution in [2.75, 3.05) is 7.11 Å². The van der Waals surface area contributed by atoms with E-state index < -0.39 is 12.0 Å². The molecule has 0 N–H and O–H groups in total. The van der Waals surface area contributed by atoms with Crippen molar-refractivity contribution in [1.29, 1.82) is 0 Å². The van der Waals surface area contributed by atoms with Crippen molar-refractivity contribution < 1.29 is 19.0 Å².